The Morgan fingerprint density at radius 3 is 2.53 bits per heavy atom. The first kappa shape index (κ1) is 10.3. The van der Waals surface area contributed by atoms with Gasteiger partial charge in [0.25, 0.3) is 0 Å². The molecule has 0 unspecified atom stereocenters. The smallest absolute Gasteiger partial charge is 0.398 e. The molecule has 0 amide bonds. The molecule has 0 saturated heterocycles. The lowest BCUT2D eigenvalue weighted by Gasteiger charge is -2.15. The van der Waals surface area contributed by atoms with Crippen molar-refractivity contribution in [2.75, 3.05) is 5.73 Å². The Labute approximate surface area is 85.3 Å². The van der Waals surface area contributed by atoms with Crippen LogP contribution in [0.25, 0.3) is 0 Å². The molecule has 1 aliphatic carbocycles. The van der Waals surface area contributed by atoms with Crippen LogP contribution in [0.4, 0.5) is 18.9 Å². The van der Waals surface area contributed by atoms with Gasteiger partial charge < -0.3 is 5.73 Å². The Morgan fingerprint density at radius 1 is 1.27 bits per heavy atom. The fraction of sp³-hybridized carbons (Fsp3) is 0.500. The monoisotopic (exact) mass is 216 g/mol. The number of nitrogen functional groups attached to an aromatic ring is 1. The Kier molecular flexibility index (Phi) is 2.13. The van der Waals surface area contributed by atoms with Crippen molar-refractivity contribution in [3.8, 4) is 0 Å². The third kappa shape index (κ3) is 1.56. The molecule has 5 heteroatoms. The van der Waals surface area contributed by atoms with Crippen molar-refractivity contribution in [1.82, 2.24) is 4.98 Å². The average molecular weight is 216 g/mol. The summed E-state index contributed by atoms with van der Waals surface area (Å²) in [5.74, 6) is 0. The van der Waals surface area contributed by atoms with E-state index in [9.17, 15) is 13.2 Å². The zero-order valence-corrected chi connectivity index (χ0v) is 8.28. The highest BCUT2D eigenvalue weighted by Gasteiger charge is 2.37. The number of anilines is 1. The van der Waals surface area contributed by atoms with E-state index in [1.807, 2.05) is 0 Å². The molecule has 82 valence electrons. The number of pyridine rings is 1. The van der Waals surface area contributed by atoms with E-state index in [0.29, 0.717) is 12.0 Å². The van der Waals surface area contributed by atoms with Crippen molar-refractivity contribution in [2.24, 2.45) is 0 Å². The minimum atomic E-state index is -4.40. The van der Waals surface area contributed by atoms with E-state index >= 15 is 0 Å². The van der Waals surface area contributed by atoms with Crippen LogP contribution in [0.5, 0.6) is 0 Å². The standard InChI is InChI=1S/C10H11F3N2/c1-5-8(10(11,12)13)9(14)6-3-2-4-7(6)15-5/h2-4H2,1H3,(H2,14,15). The molecule has 0 aromatic carbocycles. The van der Waals surface area contributed by atoms with E-state index in [2.05, 4.69) is 4.98 Å². The van der Waals surface area contributed by atoms with Gasteiger partial charge in [-0.05, 0) is 31.7 Å². The number of hydrogen-bond donors (Lipinski definition) is 1. The summed E-state index contributed by atoms with van der Waals surface area (Å²) in [7, 11) is 0. The Bertz CT molecular complexity index is 410. The SMILES string of the molecule is Cc1nc2c(c(N)c1C(F)(F)F)CCC2. The van der Waals surface area contributed by atoms with Crippen molar-refractivity contribution >= 4 is 5.69 Å². The highest BCUT2D eigenvalue weighted by molar-refractivity contribution is 5.59. The van der Waals surface area contributed by atoms with Crippen LogP contribution < -0.4 is 5.73 Å². The van der Waals surface area contributed by atoms with Crippen molar-refractivity contribution in [3.05, 3.63) is 22.5 Å². The molecule has 0 spiro atoms. The van der Waals surface area contributed by atoms with Gasteiger partial charge in [-0.2, -0.15) is 13.2 Å². The van der Waals surface area contributed by atoms with Gasteiger partial charge in [0.15, 0.2) is 0 Å². The third-order valence-electron chi connectivity index (χ3n) is 2.73. The second-order valence-electron chi connectivity index (χ2n) is 3.76. The first-order chi connectivity index (χ1) is 6.91. The lowest BCUT2D eigenvalue weighted by Crippen LogP contribution is -2.15. The molecule has 1 aromatic heterocycles. The highest BCUT2D eigenvalue weighted by atomic mass is 19.4. The molecule has 0 aliphatic heterocycles. The number of aryl methyl sites for hydroxylation is 2. The first-order valence-electron chi connectivity index (χ1n) is 4.76. The van der Waals surface area contributed by atoms with Crippen molar-refractivity contribution in [1.29, 1.82) is 0 Å². The van der Waals surface area contributed by atoms with Gasteiger partial charge in [0.2, 0.25) is 0 Å². The number of halogens is 3. The molecule has 1 aromatic rings. The van der Waals surface area contributed by atoms with E-state index in [1.165, 1.54) is 6.92 Å². The van der Waals surface area contributed by atoms with Gasteiger partial charge in [-0.15, -0.1) is 0 Å². The molecule has 0 radical (unpaired) electrons. The number of alkyl halides is 3. The second-order valence-corrected chi connectivity index (χ2v) is 3.76. The van der Waals surface area contributed by atoms with Crippen LogP contribution in [0.3, 0.4) is 0 Å². The number of nitrogens with two attached hydrogens (primary N) is 1. The maximum atomic E-state index is 12.7. The average Bonchev–Trinajstić information content (AvgIpc) is 2.48. The second kappa shape index (κ2) is 3.12. The zero-order chi connectivity index (χ0) is 11.2. The highest BCUT2D eigenvalue weighted by Crippen LogP contribution is 2.39. The molecule has 0 bridgehead atoms. The van der Waals surface area contributed by atoms with Crippen molar-refractivity contribution < 1.29 is 13.2 Å². The maximum absolute atomic E-state index is 12.7. The third-order valence-corrected chi connectivity index (χ3v) is 2.73. The van der Waals surface area contributed by atoms with Gasteiger partial charge >= 0.3 is 6.18 Å². The summed E-state index contributed by atoms with van der Waals surface area (Å²) < 4.78 is 38.0. The van der Waals surface area contributed by atoms with Crippen LogP contribution in [0.1, 0.15) is 28.9 Å². The zero-order valence-electron chi connectivity index (χ0n) is 8.28. The molecule has 1 heterocycles. The van der Waals surface area contributed by atoms with Crippen LogP contribution in [0.15, 0.2) is 0 Å². The molecule has 0 atom stereocenters. The minimum Gasteiger partial charge on any atom is -0.398 e. The molecule has 0 saturated carbocycles. The summed E-state index contributed by atoms with van der Waals surface area (Å²) in [5.41, 5.74) is 5.99. The summed E-state index contributed by atoms with van der Waals surface area (Å²) in [4.78, 5) is 3.98. The quantitative estimate of drug-likeness (QED) is 0.723. The van der Waals surface area contributed by atoms with E-state index in [1.54, 1.807) is 0 Å². The fourth-order valence-electron chi connectivity index (χ4n) is 2.10. The summed E-state index contributed by atoms with van der Waals surface area (Å²) in [6.07, 6.45) is -2.22. The van der Waals surface area contributed by atoms with E-state index < -0.39 is 11.7 Å². The number of nitrogens with zero attached hydrogens (tertiary/aromatic N) is 1. The van der Waals surface area contributed by atoms with E-state index in [4.69, 9.17) is 5.73 Å². The van der Waals surface area contributed by atoms with Crippen LogP contribution in [0.2, 0.25) is 0 Å². The number of hydrogen-bond acceptors (Lipinski definition) is 2. The molecule has 2 nitrogen and oxygen atoms in total. The molecular weight excluding hydrogens is 205 g/mol. The molecule has 0 fully saturated rings. The summed E-state index contributed by atoms with van der Waals surface area (Å²) in [6.45, 7) is 1.36. The van der Waals surface area contributed by atoms with Gasteiger partial charge in [-0.1, -0.05) is 0 Å². The summed E-state index contributed by atoms with van der Waals surface area (Å²) >= 11 is 0. The van der Waals surface area contributed by atoms with Crippen LogP contribution >= 0.6 is 0 Å². The van der Waals surface area contributed by atoms with E-state index in [-0.39, 0.29) is 11.4 Å². The Morgan fingerprint density at radius 2 is 1.93 bits per heavy atom. The Hall–Kier alpha value is -1.26. The summed E-state index contributed by atoms with van der Waals surface area (Å²) in [5, 5.41) is 0. The largest absolute Gasteiger partial charge is 0.420 e. The Balaban J connectivity index is 2.67. The van der Waals surface area contributed by atoms with E-state index in [0.717, 1.165) is 18.5 Å². The van der Waals surface area contributed by atoms with Crippen LogP contribution in [0, 0.1) is 6.92 Å². The van der Waals surface area contributed by atoms with Crippen LogP contribution in [-0.4, -0.2) is 4.98 Å². The van der Waals surface area contributed by atoms with Crippen LogP contribution in [-0.2, 0) is 19.0 Å². The lowest BCUT2D eigenvalue weighted by atomic mass is 10.1. The molecular formula is C10H11F3N2. The lowest BCUT2D eigenvalue weighted by molar-refractivity contribution is -0.137. The normalized spacial score (nSPS) is 15.5. The van der Waals surface area contributed by atoms with Crippen molar-refractivity contribution in [2.45, 2.75) is 32.4 Å². The maximum Gasteiger partial charge on any atom is 0.420 e. The number of aromatic nitrogens is 1. The van der Waals surface area contributed by atoms with Gasteiger partial charge in [-0.3, -0.25) is 4.98 Å². The fourth-order valence-corrected chi connectivity index (χ4v) is 2.10. The molecule has 15 heavy (non-hydrogen) atoms. The topological polar surface area (TPSA) is 38.9 Å². The van der Waals surface area contributed by atoms with Gasteiger partial charge in [0.1, 0.15) is 0 Å². The predicted molar refractivity (Wildman–Crippen MR) is 50.4 cm³/mol. The van der Waals surface area contributed by atoms with Gasteiger partial charge in [-0.25, -0.2) is 0 Å². The molecule has 2 N–H and O–H groups in total. The molecule has 1 aliphatic rings. The predicted octanol–water partition coefficient (Wildman–Crippen LogP) is 2.48. The summed E-state index contributed by atoms with van der Waals surface area (Å²) in [6, 6.07) is 0. The minimum absolute atomic E-state index is 0.0133. The van der Waals surface area contributed by atoms with Crippen molar-refractivity contribution in [3.63, 3.8) is 0 Å². The number of rotatable bonds is 0. The van der Waals surface area contributed by atoms with Gasteiger partial charge in [0.05, 0.1) is 16.9 Å². The first-order valence-corrected chi connectivity index (χ1v) is 4.76. The molecule has 2 rings (SSSR count). The van der Waals surface area contributed by atoms with Gasteiger partial charge in [0, 0.05) is 5.69 Å². The number of fused-ring (bicyclic) bond motifs is 1.